The molecule has 0 atom stereocenters. The zero-order valence-electron chi connectivity index (χ0n) is 18.8. The molecule has 176 valence electrons. The van der Waals surface area contributed by atoms with Crippen LogP contribution in [0.5, 0.6) is 11.5 Å². The van der Waals surface area contributed by atoms with Crippen LogP contribution in [0.15, 0.2) is 53.1 Å². The minimum atomic E-state index is -0.820. The first-order valence-electron chi connectivity index (χ1n) is 10.7. The van der Waals surface area contributed by atoms with Gasteiger partial charge < -0.3 is 29.3 Å². The van der Waals surface area contributed by atoms with Crippen LogP contribution in [0, 0.1) is 0 Å². The van der Waals surface area contributed by atoms with Crippen molar-refractivity contribution in [2.24, 2.45) is 0 Å². The van der Waals surface area contributed by atoms with Crippen molar-refractivity contribution < 1.29 is 33.0 Å². The number of hydrogen-bond donors (Lipinski definition) is 2. The van der Waals surface area contributed by atoms with Crippen molar-refractivity contribution in [2.45, 2.75) is 19.3 Å². The van der Waals surface area contributed by atoms with E-state index in [0.717, 1.165) is 19.3 Å². The van der Waals surface area contributed by atoms with E-state index in [2.05, 4.69) is 10.6 Å². The largest absolute Gasteiger partial charge is 0.493 e. The number of esters is 1. The SMILES string of the molecule is COc1cc(NC(=O)c2ccco2)c(C(=O)OCC(=O)Nc2ccc3c(c2)CCC3)cc1OC. The van der Waals surface area contributed by atoms with E-state index in [1.807, 2.05) is 18.2 Å². The minimum Gasteiger partial charge on any atom is -0.493 e. The van der Waals surface area contributed by atoms with Crippen molar-refractivity contribution in [1.82, 2.24) is 0 Å². The monoisotopic (exact) mass is 464 g/mol. The third-order valence-electron chi connectivity index (χ3n) is 5.45. The Hall–Kier alpha value is -4.27. The number of furan rings is 1. The molecule has 34 heavy (non-hydrogen) atoms. The van der Waals surface area contributed by atoms with E-state index in [0.29, 0.717) is 11.4 Å². The summed E-state index contributed by atoms with van der Waals surface area (Å²) in [6.45, 7) is -0.504. The fourth-order valence-electron chi connectivity index (χ4n) is 3.80. The van der Waals surface area contributed by atoms with Crippen molar-refractivity contribution in [3.8, 4) is 11.5 Å². The molecule has 1 aliphatic carbocycles. The number of rotatable bonds is 8. The smallest absolute Gasteiger partial charge is 0.340 e. The molecule has 1 aromatic heterocycles. The Morgan fingerprint density at radius 2 is 1.71 bits per heavy atom. The second-order valence-electron chi connectivity index (χ2n) is 7.65. The first-order valence-corrected chi connectivity index (χ1v) is 10.7. The van der Waals surface area contributed by atoms with Gasteiger partial charge in [0.25, 0.3) is 11.8 Å². The van der Waals surface area contributed by atoms with E-state index < -0.39 is 24.4 Å². The number of carbonyl (C=O) groups is 3. The lowest BCUT2D eigenvalue weighted by atomic mass is 10.1. The highest BCUT2D eigenvalue weighted by Crippen LogP contribution is 2.34. The molecule has 0 saturated carbocycles. The zero-order chi connectivity index (χ0) is 24.1. The van der Waals surface area contributed by atoms with Gasteiger partial charge in [-0.25, -0.2) is 4.79 Å². The van der Waals surface area contributed by atoms with Gasteiger partial charge in [0, 0.05) is 17.8 Å². The number of anilines is 2. The van der Waals surface area contributed by atoms with Gasteiger partial charge in [-0.05, 0) is 54.7 Å². The summed E-state index contributed by atoms with van der Waals surface area (Å²) in [4.78, 5) is 37.7. The third-order valence-corrected chi connectivity index (χ3v) is 5.45. The van der Waals surface area contributed by atoms with Crippen molar-refractivity contribution >= 4 is 29.2 Å². The van der Waals surface area contributed by atoms with E-state index >= 15 is 0 Å². The first-order chi connectivity index (χ1) is 16.5. The van der Waals surface area contributed by atoms with Gasteiger partial charge in [-0.3, -0.25) is 9.59 Å². The molecular formula is C25H24N2O7. The Kier molecular flexibility index (Phi) is 6.82. The molecule has 0 spiro atoms. The van der Waals surface area contributed by atoms with Crippen molar-refractivity contribution in [3.63, 3.8) is 0 Å². The predicted octanol–water partition coefficient (Wildman–Crippen LogP) is 3.83. The van der Waals surface area contributed by atoms with Crippen LogP contribution in [0.1, 0.15) is 38.5 Å². The van der Waals surface area contributed by atoms with E-state index in [9.17, 15) is 14.4 Å². The number of benzene rings is 2. The van der Waals surface area contributed by atoms with Crippen molar-refractivity contribution in [3.05, 3.63) is 71.2 Å². The Morgan fingerprint density at radius 3 is 2.44 bits per heavy atom. The van der Waals surface area contributed by atoms with E-state index in [-0.39, 0.29) is 22.8 Å². The molecular weight excluding hydrogens is 440 g/mol. The fraction of sp³-hybridized carbons (Fsp3) is 0.240. The highest BCUT2D eigenvalue weighted by Gasteiger charge is 2.22. The van der Waals surface area contributed by atoms with E-state index in [1.54, 1.807) is 6.07 Å². The summed E-state index contributed by atoms with van der Waals surface area (Å²) in [7, 11) is 2.84. The van der Waals surface area contributed by atoms with Crippen LogP contribution in [-0.4, -0.2) is 38.6 Å². The topological polar surface area (TPSA) is 116 Å². The van der Waals surface area contributed by atoms with Crippen LogP contribution < -0.4 is 20.1 Å². The molecule has 0 saturated heterocycles. The number of carbonyl (C=O) groups excluding carboxylic acids is 3. The van der Waals surface area contributed by atoms with Crippen LogP contribution in [0.4, 0.5) is 11.4 Å². The maximum Gasteiger partial charge on any atom is 0.340 e. The van der Waals surface area contributed by atoms with Crippen LogP contribution in [0.3, 0.4) is 0 Å². The number of hydrogen-bond acceptors (Lipinski definition) is 7. The average Bonchev–Trinajstić information content (AvgIpc) is 3.54. The summed E-state index contributed by atoms with van der Waals surface area (Å²) in [6.07, 6.45) is 4.50. The molecule has 0 bridgehead atoms. The molecule has 2 amide bonds. The van der Waals surface area contributed by atoms with Gasteiger partial charge in [0.15, 0.2) is 23.9 Å². The number of fused-ring (bicyclic) bond motifs is 1. The van der Waals surface area contributed by atoms with Gasteiger partial charge in [-0.15, -0.1) is 0 Å². The first kappa shape index (κ1) is 22.9. The van der Waals surface area contributed by atoms with Crippen LogP contribution in [-0.2, 0) is 22.4 Å². The lowest BCUT2D eigenvalue weighted by Gasteiger charge is -2.15. The highest BCUT2D eigenvalue weighted by molar-refractivity contribution is 6.07. The third kappa shape index (κ3) is 5.03. The Balaban J connectivity index is 1.47. The van der Waals surface area contributed by atoms with E-state index in [1.165, 1.54) is 49.8 Å². The number of aryl methyl sites for hydroxylation is 2. The summed E-state index contributed by atoms with van der Waals surface area (Å²) >= 11 is 0. The lowest BCUT2D eigenvalue weighted by Crippen LogP contribution is -2.22. The summed E-state index contributed by atoms with van der Waals surface area (Å²) in [5.74, 6) is -1.26. The molecule has 0 radical (unpaired) electrons. The molecule has 4 rings (SSSR count). The fourth-order valence-corrected chi connectivity index (χ4v) is 3.80. The Morgan fingerprint density at radius 1 is 0.941 bits per heavy atom. The quantitative estimate of drug-likeness (QED) is 0.487. The minimum absolute atomic E-state index is 0.0112. The highest BCUT2D eigenvalue weighted by atomic mass is 16.5. The molecule has 3 aromatic rings. The number of ether oxygens (including phenoxy) is 3. The number of nitrogens with one attached hydrogen (secondary N) is 2. The molecule has 1 aliphatic rings. The van der Waals surface area contributed by atoms with Gasteiger partial charge in [0.05, 0.1) is 31.7 Å². The maximum absolute atomic E-state index is 12.8. The van der Waals surface area contributed by atoms with Gasteiger partial charge in [-0.1, -0.05) is 6.07 Å². The molecule has 9 nitrogen and oxygen atoms in total. The summed E-state index contributed by atoms with van der Waals surface area (Å²) in [5.41, 5.74) is 3.27. The second-order valence-corrected chi connectivity index (χ2v) is 7.65. The molecule has 0 unspecified atom stereocenters. The average molecular weight is 464 g/mol. The van der Waals surface area contributed by atoms with Crippen LogP contribution in [0.25, 0.3) is 0 Å². The number of methoxy groups -OCH3 is 2. The maximum atomic E-state index is 12.8. The standard InChI is InChI=1S/C25H24N2O7/c1-31-21-12-18(19(13-22(21)32-2)27-24(29)20-7-4-10-33-20)25(30)34-14-23(28)26-17-9-8-15-5-3-6-16(15)11-17/h4,7-13H,3,5-6,14H2,1-2H3,(H,26,28)(H,27,29). The summed E-state index contributed by atoms with van der Waals surface area (Å²) in [6, 6.07) is 11.6. The molecule has 9 heteroatoms. The number of amides is 2. The van der Waals surface area contributed by atoms with Gasteiger partial charge in [0.1, 0.15) is 0 Å². The van der Waals surface area contributed by atoms with Crippen molar-refractivity contribution in [2.75, 3.05) is 31.5 Å². The van der Waals surface area contributed by atoms with Crippen LogP contribution in [0.2, 0.25) is 0 Å². The van der Waals surface area contributed by atoms with Gasteiger partial charge >= 0.3 is 5.97 Å². The van der Waals surface area contributed by atoms with Crippen molar-refractivity contribution in [1.29, 1.82) is 0 Å². The van der Waals surface area contributed by atoms with Gasteiger partial charge in [0.2, 0.25) is 0 Å². The normalized spacial score (nSPS) is 11.9. The van der Waals surface area contributed by atoms with E-state index in [4.69, 9.17) is 18.6 Å². The molecule has 0 fully saturated rings. The summed E-state index contributed by atoms with van der Waals surface area (Å²) < 4.78 is 20.8. The molecule has 0 aliphatic heterocycles. The Bertz CT molecular complexity index is 1220. The molecule has 1 heterocycles. The summed E-state index contributed by atoms with van der Waals surface area (Å²) in [5, 5.41) is 5.34. The second kappa shape index (κ2) is 10.1. The zero-order valence-corrected chi connectivity index (χ0v) is 18.8. The predicted molar refractivity (Wildman–Crippen MR) is 124 cm³/mol. The molecule has 2 aromatic carbocycles. The Labute approximate surface area is 196 Å². The molecule has 2 N–H and O–H groups in total. The van der Waals surface area contributed by atoms with Gasteiger partial charge in [-0.2, -0.15) is 0 Å². The lowest BCUT2D eigenvalue weighted by molar-refractivity contribution is -0.119. The van der Waals surface area contributed by atoms with Crippen LogP contribution >= 0.6 is 0 Å².